The SMILES string of the molecule is COC(=O)c1ccccc1NC(=O)CNc1cccc(C)c1. The fourth-order valence-corrected chi connectivity index (χ4v) is 2.01. The van der Waals surface area contributed by atoms with E-state index in [0.717, 1.165) is 11.3 Å². The number of anilines is 2. The highest BCUT2D eigenvalue weighted by Gasteiger charge is 2.12. The van der Waals surface area contributed by atoms with Gasteiger partial charge in [-0.1, -0.05) is 24.3 Å². The lowest BCUT2D eigenvalue weighted by molar-refractivity contribution is -0.114. The minimum absolute atomic E-state index is 0.110. The van der Waals surface area contributed by atoms with Crippen molar-refractivity contribution in [1.82, 2.24) is 0 Å². The van der Waals surface area contributed by atoms with E-state index in [1.54, 1.807) is 24.3 Å². The molecule has 2 N–H and O–H groups in total. The predicted molar refractivity (Wildman–Crippen MR) is 86.1 cm³/mol. The highest BCUT2D eigenvalue weighted by Crippen LogP contribution is 2.16. The number of carbonyl (C=O) groups is 2. The molecule has 0 atom stereocenters. The number of amides is 1. The zero-order valence-electron chi connectivity index (χ0n) is 12.6. The van der Waals surface area contributed by atoms with Crippen LogP contribution in [0.15, 0.2) is 48.5 Å². The number of ether oxygens (including phenoxy) is 1. The number of benzene rings is 2. The smallest absolute Gasteiger partial charge is 0.339 e. The van der Waals surface area contributed by atoms with Crippen molar-refractivity contribution in [2.75, 3.05) is 24.3 Å². The first-order valence-corrected chi connectivity index (χ1v) is 6.88. The Labute approximate surface area is 129 Å². The van der Waals surface area contributed by atoms with Gasteiger partial charge in [-0.25, -0.2) is 4.79 Å². The van der Waals surface area contributed by atoms with Crippen LogP contribution in [-0.4, -0.2) is 25.5 Å². The van der Waals surface area contributed by atoms with E-state index in [2.05, 4.69) is 10.6 Å². The van der Waals surface area contributed by atoms with Gasteiger partial charge in [0.2, 0.25) is 5.91 Å². The van der Waals surface area contributed by atoms with Gasteiger partial charge in [-0.3, -0.25) is 4.79 Å². The van der Waals surface area contributed by atoms with Crippen molar-refractivity contribution in [3.8, 4) is 0 Å². The molecule has 2 aromatic rings. The third-order valence-electron chi connectivity index (χ3n) is 3.08. The average molecular weight is 298 g/mol. The quantitative estimate of drug-likeness (QED) is 0.833. The first-order chi connectivity index (χ1) is 10.6. The Hall–Kier alpha value is -2.82. The molecule has 0 unspecified atom stereocenters. The van der Waals surface area contributed by atoms with Crippen LogP contribution in [0.2, 0.25) is 0 Å². The fraction of sp³-hybridized carbons (Fsp3) is 0.176. The third-order valence-corrected chi connectivity index (χ3v) is 3.08. The molecular weight excluding hydrogens is 280 g/mol. The highest BCUT2D eigenvalue weighted by molar-refractivity contribution is 6.02. The standard InChI is InChI=1S/C17H18N2O3/c1-12-6-5-7-13(10-12)18-11-16(20)19-15-9-4-3-8-14(15)17(21)22-2/h3-10,18H,11H2,1-2H3,(H,19,20). The molecule has 0 saturated carbocycles. The maximum atomic E-state index is 12.0. The van der Waals surface area contributed by atoms with E-state index in [-0.39, 0.29) is 12.5 Å². The van der Waals surface area contributed by atoms with Gasteiger partial charge in [-0.2, -0.15) is 0 Å². The molecule has 5 heteroatoms. The van der Waals surface area contributed by atoms with Gasteiger partial charge in [-0.15, -0.1) is 0 Å². The van der Waals surface area contributed by atoms with Gasteiger partial charge in [0.05, 0.1) is 24.9 Å². The Morgan fingerprint density at radius 3 is 2.59 bits per heavy atom. The second-order valence-corrected chi connectivity index (χ2v) is 4.81. The number of para-hydroxylation sites is 1. The Morgan fingerprint density at radius 2 is 1.86 bits per heavy atom. The highest BCUT2D eigenvalue weighted by atomic mass is 16.5. The Bertz CT molecular complexity index is 683. The molecule has 0 heterocycles. The van der Waals surface area contributed by atoms with E-state index in [1.807, 2.05) is 31.2 Å². The van der Waals surface area contributed by atoms with Crippen LogP contribution in [0.5, 0.6) is 0 Å². The largest absolute Gasteiger partial charge is 0.465 e. The van der Waals surface area contributed by atoms with Gasteiger partial charge in [0, 0.05) is 5.69 Å². The van der Waals surface area contributed by atoms with E-state index < -0.39 is 5.97 Å². The summed E-state index contributed by atoms with van der Waals surface area (Å²) in [5.74, 6) is -0.722. The molecule has 0 fully saturated rings. The zero-order valence-corrected chi connectivity index (χ0v) is 12.6. The van der Waals surface area contributed by atoms with Crippen LogP contribution >= 0.6 is 0 Å². The summed E-state index contributed by atoms with van der Waals surface area (Å²) in [5.41, 5.74) is 2.75. The van der Waals surface area contributed by atoms with Crippen LogP contribution < -0.4 is 10.6 Å². The molecule has 0 aromatic heterocycles. The van der Waals surface area contributed by atoms with E-state index in [4.69, 9.17) is 4.74 Å². The number of aryl methyl sites for hydroxylation is 1. The molecule has 0 aliphatic heterocycles. The summed E-state index contributed by atoms with van der Waals surface area (Å²) in [5, 5.41) is 5.75. The fourth-order valence-electron chi connectivity index (χ4n) is 2.01. The second-order valence-electron chi connectivity index (χ2n) is 4.81. The summed E-state index contributed by atoms with van der Waals surface area (Å²) in [7, 11) is 1.31. The number of hydrogen-bond donors (Lipinski definition) is 2. The van der Waals surface area contributed by atoms with Crippen LogP contribution in [0.4, 0.5) is 11.4 Å². The van der Waals surface area contributed by atoms with Crippen molar-refractivity contribution in [3.05, 3.63) is 59.7 Å². The molecule has 1 amide bonds. The number of rotatable bonds is 5. The zero-order chi connectivity index (χ0) is 15.9. The van der Waals surface area contributed by atoms with Crippen molar-refractivity contribution in [2.45, 2.75) is 6.92 Å². The number of hydrogen-bond acceptors (Lipinski definition) is 4. The monoisotopic (exact) mass is 298 g/mol. The lowest BCUT2D eigenvalue weighted by Gasteiger charge is -2.11. The van der Waals surface area contributed by atoms with Gasteiger partial charge in [0.25, 0.3) is 0 Å². The predicted octanol–water partition coefficient (Wildman–Crippen LogP) is 2.83. The van der Waals surface area contributed by atoms with E-state index in [9.17, 15) is 9.59 Å². The van der Waals surface area contributed by atoms with Crippen molar-refractivity contribution < 1.29 is 14.3 Å². The van der Waals surface area contributed by atoms with Crippen molar-refractivity contribution in [3.63, 3.8) is 0 Å². The van der Waals surface area contributed by atoms with Gasteiger partial charge in [0.1, 0.15) is 0 Å². The van der Waals surface area contributed by atoms with Gasteiger partial charge >= 0.3 is 5.97 Å². The summed E-state index contributed by atoms with van der Waals surface area (Å²) in [4.78, 5) is 23.7. The Balaban J connectivity index is 1.99. The van der Waals surface area contributed by atoms with Gasteiger partial charge in [-0.05, 0) is 36.8 Å². The van der Waals surface area contributed by atoms with Crippen LogP contribution in [-0.2, 0) is 9.53 Å². The normalized spacial score (nSPS) is 9.91. The molecule has 114 valence electrons. The number of carbonyl (C=O) groups excluding carboxylic acids is 2. The minimum Gasteiger partial charge on any atom is -0.465 e. The first-order valence-electron chi connectivity index (χ1n) is 6.88. The van der Waals surface area contributed by atoms with Crippen molar-refractivity contribution in [2.24, 2.45) is 0 Å². The molecule has 0 bridgehead atoms. The lowest BCUT2D eigenvalue weighted by atomic mass is 10.2. The van der Waals surface area contributed by atoms with Crippen LogP contribution in [0.3, 0.4) is 0 Å². The minimum atomic E-state index is -0.484. The van der Waals surface area contributed by atoms with Gasteiger partial charge in [0.15, 0.2) is 0 Å². The van der Waals surface area contributed by atoms with Crippen LogP contribution in [0.1, 0.15) is 15.9 Å². The summed E-state index contributed by atoms with van der Waals surface area (Å²) in [6.45, 7) is 2.09. The summed E-state index contributed by atoms with van der Waals surface area (Å²) in [6.07, 6.45) is 0. The van der Waals surface area contributed by atoms with E-state index >= 15 is 0 Å². The summed E-state index contributed by atoms with van der Waals surface area (Å²) in [6, 6.07) is 14.5. The average Bonchev–Trinajstić information content (AvgIpc) is 2.53. The third kappa shape index (κ3) is 4.09. The summed E-state index contributed by atoms with van der Waals surface area (Å²) < 4.78 is 4.70. The molecular formula is C17H18N2O3. The Kier molecular flexibility index (Phi) is 5.14. The number of nitrogens with one attached hydrogen (secondary N) is 2. The van der Waals surface area contributed by atoms with Gasteiger partial charge < -0.3 is 15.4 Å². The topological polar surface area (TPSA) is 67.4 Å². The molecule has 0 spiro atoms. The summed E-state index contributed by atoms with van der Waals surface area (Å²) >= 11 is 0. The van der Waals surface area contributed by atoms with E-state index in [0.29, 0.717) is 11.3 Å². The number of esters is 1. The molecule has 0 aliphatic rings. The molecule has 2 rings (SSSR count). The van der Waals surface area contributed by atoms with Crippen molar-refractivity contribution >= 4 is 23.3 Å². The molecule has 0 saturated heterocycles. The maximum absolute atomic E-state index is 12.0. The molecule has 0 radical (unpaired) electrons. The lowest BCUT2D eigenvalue weighted by Crippen LogP contribution is -2.23. The molecule has 5 nitrogen and oxygen atoms in total. The molecule has 0 aliphatic carbocycles. The molecule has 22 heavy (non-hydrogen) atoms. The van der Waals surface area contributed by atoms with Crippen LogP contribution in [0, 0.1) is 6.92 Å². The van der Waals surface area contributed by atoms with E-state index in [1.165, 1.54) is 7.11 Å². The number of methoxy groups -OCH3 is 1. The van der Waals surface area contributed by atoms with Crippen molar-refractivity contribution in [1.29, 1.82) is 0 Å². The molecule has 2 aromatic carbocycles. The van der Waals surface area contributed by atoms with Crippen LogP contribution in [0.25, 0.3) is 0 Å². The maximum Gasteiger partial charge on any atom is 0.339 e. The second kappa shape index (κ2) is 7.26. The Morgan fingerprint density at radius 1 is 1.09 bits per heavy atom. The first kappa shape index (κ1) is 15.6.